The molecular formula is C11H20O2. The van der Waals surface area contributed by atoms with Crippen LogP contribution in [-0.2, 0) is 9.47 Å². The first-order valence-electron chi connectivity index (χ1n) is 5.01. The third-order valence-electron chi connectivity index (χ3n) is 2.97. The highest BCUT2D eigenvalue weighted by atomic mass is 16.5. The van der Waals surface area contributed by atoms with Crippen LogP contribution in [0.1, 0.15) is 25.7 Å². The van der Waals surface area contributed by atoms with Crippen LogP contribution in [0.4, 0.5) is 0 Å². The van der Waals surface area contributed by atoms with E-state index in [0.717, 1.165) is 12.4 Å². The molecule has 0 aliphatic heterocycles. The Morgan fingerprint density at radius 2 is 2.00 bits per heavy atom. The molecule has 0 radical (unpaired) electrons. The molecule has 0 aromatic carbocycles. The largest absolute Gasteiger partial charge is 0.501 e. The summed E-state index contributed by atoms with van der Waals surface area (Å²) < 4.78 is 10.4. The van der Waals surface area contributed by atoms with Crippen molar-refractivity contribution in [1.29, 1.82) is 0 Å². The van der Waals surface area contributed by atoms with E-state index in [2.05, 4.69) is 6.58 Å². The predicted octanol–water partition coefficient (Wildman–Crippen LogP) is 2.60. The van der Waals surface area contributed by atoms with Gasteiger partial charge in [-0.15, -0.1) is 0 Å². The molecule has 13 heavy (non-hydrogen) atoms. The second-order valence-corrected chi connectivity index (χ2v) is 3.78. The van der Waals surface area contributed by atoms with Crippen LogP contribution in [0, 0.1) is 11.8 Å². The monoisotopic (exact) mass is 184 g/mol. The topological polar surface area (TPSA) is 18.5 Å². The number of hydrogen-bond acceptors (Lipinski definition) is 2. The molecule has 1 saturated carbocycles. The fraction of sp³-hybridized carbons (Fsp3) is 0.818. The lowest BCUT2D eigenvalue weighted by atomic mass is 9.79. The van der Waals surface area contributed by atoms with Gasteiger partial charge in [0.05, 0.1) is 12.9 Å². The fourth-order valence-electron chi connectivity index (χ4n) is 2.20. The van der Waals surface area contributed by atoms with Gasteiger partial charge in [0, 0.05) is 19.6 Å². The van der Waals surface area contributed by atoms with Crippen LogP contribution in [0.5, 0.6) is 0 Å². The molecule has 1 aliphatic rings. The van der Waals surface area contributed by atoms with Gasteiger partial charge in [-0.05, 0) is 18.8 Å². The lowest BCUT2D eigenvalue weighted by Crippen LogP contribution is -2.25. The summed E-state index contributed by atoms with van der Waals surface area (Å²) in [6.45, 7) is 4.79. The maximum Gasteiger partial charge on any atom is 0.0918 e. The van der Waals surface area contributed by atoms with Crippen molar-refractivity contribution in [1.82, 2.24) is 0 Å². The maximum absolute atomic E-state index is 5.22. The van der Waals surface area contributed by atoms with Gasteiger partial charge in [-0.25, -0.2) is 0 Å². The number of allylic oxidation sites excluding steroid dienone is 1. The van der Waals surface area contributed by atoms with Crippen molar-refractivity contribution in [2.45, 2.75) is 25.7 Å². The third kappa shape index (κ3) is 2.73. The van der Waals surface area contributed by atoms with E-state index in [0.29, 0.717) is 11.8 Å². The highest BCUT2D eigenvalue weighted by Gasteiger charge is 2.27. The summed E-state index contributed by atoms with van der Waals surface area (Å²) >= 11 is 0. The van der Waals surface area contributed by atoms with Crippen molar-refractivity contribution in [3.63, 3.8) is 0 Å². The molecule has 0 heterocycles. The molecule has 2 nitrogen and oxygen atoms in total. The zero-order valence-electron chi connectivity index (χ0n) is 8.71. The molecule has 2 unspecified atom stereocenters. The molecule has 0 N–H and O–H groups in total. The highest BCUT2D eigenvalue weighted by Crippen LogP contribution is 2.34. The van der Waals surface area contributed by atoms with Crippen molar-refractivity contribution >= 4 is 0 Å². The summed E-state index contributed by atoms with van der Waals surface area (Å²) in [4.78, 5) is 0. The molecule has 1 aliphatic carbocycles. The second kappa shape index (κ2) is 5.28. The van der Waals surface area contributed by atoms with E-state index in [1.807, 2.05) is 0 Å². The SMILES string of the molecule is C=C(OC)C1CCCCC1COC. The molecule has 2 heteroatoms. The van der Waals surface area contributed by atoms with Gasteiger partial charge in [0.15, 0.2) is 0 Å². The Labute approximate surface area is 80.9 Å². The summed E-state index contributed by atoms with van der Waals surface area (Å²) in [5.74, 6) is 2.06. The smallest absolute Gasteiger partial charge is 0.0918 e. The van der Waals surface area contributed by atoms with Crippen LogP contribution in [0.2, 0.25) is 0 Å². The molecular weight excluding hydrogens is 164 g/mol. The number of methoxy groups -OCH3 is 2. The van der Waals surface area contributed by atoms with Crippen LogP contribution < -0.4 is 0 Å². The predicted molar refractivity (Wildman–Crippen MR) is 53.5 cm³/mol. The van der Waals surface area contributed by atoms with E-state index in [1.165, 1.54) is 25.7 Å². The molecule has 0 bridgehead atoms. The molecule has 0 aromatic heterocycles. The second-order valence-electron chi connectivity index (χ2n) is 3.78. The Morgan fingerprint density at radius 3 is 2.62 bits per heavy atom. The molecule has 0 saturated heterocycles. The summed E-state index contributed by atoms with van der Waals surface area (Å²) in [6.07, 6.45) is 5.08. The minimum Gasteiger partial charge on any atom is -0.501 e. The normalized spacial score (nSPS) is 28.5. The molecule has 0 aromatic rings. The van der Waals surface area contributed by atoms with E-state index < -0.39 is 0 Å². The maximum atomic E-state index is 5.22. The Bertz CT molecular complexity index is 163. The van der Waals surface area contributed by atoms with Gasteiger partial charge in [-0.1, -0.05) is 19.4 Å². The van der Waals surface area contributed by atoms with Crippen molar-refractivity contribution in [3.05, 3.63) is 12.3 Å². The minimum absolute atomic E-state index is 0.513. The summed E-state index contributed by atoms with van der Waals surface area (Å²) in [5, 5.41) is 0. The van der Waals surface area contributed by atoms with Crippen molar-refractivity contribution in [2.75, 3.05) is 20.8 Å². The fourth-order valence-corrected chi connectivity index (χ4v) is 2.20. The van der Waals surface area contributed by atoms with Crippen LogP contribution in [0.25, 0.3) is 0 Å². The van der Waals surface area contributed by atoms with Gasteiger partial charge in [0.1, 0.15) is 0 Å². The van der Waals surface area contributed by atoms with Crippen LogP contribution >= 0.6 is 0 Å². The van der Waals surface area contributed by atoms with Gasteiger partial charge >= 0.3 is 0 Å². The van der Waals surface area contributed by atoms with E-state index in [9.17, 15) is 0 Å². The standard InChI is InChI=1S/C11H20O2/c1-9(13-3)11-7-5-4-6-10(11)8-12-2/h10-11H,1,4-8H2,2-3H3. The first-order valence-corrected chi connectivity index (χ1v) is 5.01. The summed E-state index contributed by atoms with van der Waals surface area (Å²) in [6, 6.07) is 0. The van der Waals surface area contributed by atoms with Crippen molar-refractivity contribution in [3.8, 4) is 0 Å². The van der Waals surface area contributed by atoms with Crippen LogP contribution in [0.3, 0.4) is 0 Å². The zero-order chi connectivity index (χ0) is 9.68. The van der Waals surface area contributed by atoms with Gasteiger partial charge < -0.3 is 9.47 Å². The molecule has 0 spiro atoms. The Kier molecular flexibility index (Phi) is 4.29. The average Bonchev–Trinajstić information content (AvgIpc) is 2.18. The Hall–Kier alpha value is -0.500. The molecule has 1 fully saturated rings. The van der Waals surface area contributed by atoms with Gasteiger partial charge in [-0.2, -0.15) is 0 Å². The quantitative estimate of drug-likeness (QED) is 0.625. The first kappa shape index (κ1) is 10.6. The number of ether oxygens (including phenoxy) is 2. The molecule has 2 atom stereocenters. The van der Waals surface area contributed by atoms with E-state index in [1.54, 1.807) is 14.2 Å². The highest BCUT2D eigenvalue weighted by molar-refractivity contribution is 4.96. The van der Waals surface area contributed by atoms with Gasteiger partial charge in [0.2, 0.25) is 0 Å². The zero-order valence-corrected chi connectivity index (χ0v) is 8.71. The number of rotatable bonds is 4. The molecule has 0 amide bonds. The third-order valence-corrected chi connectivity index (χ3v) is 2.97. The average molecular weight is 184 g/mol. The van der Waals surface area contributed by atoms with Crippen molar-refractivity contribution < 1.29 is 9.47 Å². The van der Waals surface area contributed by atoms with E-state index >= 15 is 0 Å². The number of hydrogen-bond donors (Lipinski definition) is 0. The lowest BCUT2D eigenvalue weighted by molar-refractivity contribution is 0.0823. The van der Waals surface area contributed by atoms with Gasteiger partial charge in [-0.3, -0.25) is 0 Å². The van der Waals surface area contributed by atoms with Crippen molar-refractivity contribution in [2.24, 2.45) is 11.8 Å². The van der Waals surface area contributed by atoms with Crippen LogP contribution in [0.15, 0.2) is 12.3 Å². The lowest BCUT2D eigenvalue weighted by Gasteiger charge is -2.31. The molecule has 1 rings (SSSR count). The van der Waals surface area contributed by atoms with Gasteiger partial charge in [0.25, 0.3) is 0 Å². The molecule has 76 valence electrons. The van der Waals surface area contributed by atoms with E-state index in [-0.39, 0.29) is 0 Å². The summed E-state index contributed by atoms with van der Waals surface area (Å²) in [7, 11) is 3.47. The Morgan fingerprint density at radius 1 is 1.31 bits per heavy atom. The Balaban J connectivity index is 2.50. The first-order chi connectivity index (χ1) is 6.29. The summed E-state index contributed by atoms with van der Waals surface area (Å²) in [5.41, 5.74) is 0. The van der Waals surface area contributed by atoms with Crippen LogP contribution in [-0.4, -0.2) is 20.8 Å². The minimum atomic E-state index is 0.513. The van der Waals surface area contributed by atoms with E-state index in [4.69, 9.17) is 9.47 Å².